The number of hydrogen-bond donors (Lipinski definition) is 0. The van der Waals surface area contributed by atoms with Crippen molar-refractivity contribution in [1.82, 2.24) is 0 Å². The van der Waals surface area contributed by atoms with E-state index in [1.807, 2.05) is 6.92 Å². The first-order valence-electron chi connectivity index (χ1n) is 6.75. The average molecular weight is 278 g/mol. The topological polar surface area (TPSA) is 26.3 Å². The fraction of sp³-hybridized carbons (Fsp3) is 0.786. The summed E-state index contributed by atoms with van der Waals surface area (Å²) < 4.78 is 6.32. The van der Waals surface area contributed by atoms with Crippen LogP contribution >= 0.6 is 0 Å². The molecule has 1 unspecified atom stereocenters. The van der Waals surface area contributed by atoms with Crippen LogP contribution in [0, 0.1) is 0 Å². The molecule has 0 aliphatic carbocycles. The van der Waals surface area contributed by atoms with Crippen LogP contribution in [0.3, 0.4) is 0 Å². The van der Waals surface area contributed by atoms with Gasteiger partial charge in [-0.15, -0.1) is 0 Å². The lowest BCUT2D eigenvalue weighted by Gasteiger charge is -2.42. The van der Waals surface area contributed by atoms with Gasteiger partial charge in [0.25, 0.3) is 0 Å². The molecule has 0 radical (unpaired) electrons. The maximum atomic E-state index is 11.3. The van der Waals surface area contributed by atoms with E-state index in [4.69, 9.17) is 4.74 Å². The lowest BCUT2D eigenvalue weighted by molar-refractivity contribution is -0.967. The molecule has 0 fully saturated rings. The molecule has 1 atom stereocenters. The predicted molar refractivity (Wildman–Crippen MR) is 71.5 cm³/mol. The molecule has 0 aliphatic rings. The van der Waals surface area contributed by atoms with E-state index in [-0.39, 0.29) is 24.6 Å². The van der Waals surface area contributed by atoms with Crippen LogP contribution in [0.4, 0.5) is 0 Å². The minimum absolute atomic E-state index is 0. The number of halogens is 1. The second kappa shape index (κ2) is 10.4. The second-order valence-corrected chi connectivity index (χ2v) is 4.63. The Morgan fingerprint density at radius 3 is 1.83 bits per heavy atom. The Balaban J connectivity index is 0. The lowest BCUT2D eigenvalue weighted by atomic mass is 10.2. The van der Waals surface area contributed by atoms with Gasteiger partial charge in [0.1, 0.15) is 0 Å². The number of ether oxygens (including phenoxy) is 1. The third-order valence-electron chi connectivity index (χ3n) is 3.23. The van der Waals surface area contributed by atoms with Crippen molar-refractivity contribution in [2.75, 3.05) is 19.6 Å². The molecule has 4 heteroatoms. The standard InChI is InChI=1S/C14H28NO2.ClH/c1-6-10-15(11-7-2,12-8-3)13(5)17-14(16)9-4;/h9,13H,4,6-8,10-12H2,1-3,5H3;1H/q+1;/p-1. The largest absolute Gasteiger partial charge is 1.00 e. The molecular weight excluding hydrogens is 250 g/mol. The zero-order chi connectivity index (χ0) is 13.3. The number of hydrogen-bond acceptors (Lipinski definition) is 2. The summed E-state index contributed by atoms with van der Waals surface area (Å²) in [5.74, 6) is -0.316. The molecule has 18 heavy (non-hydrogen) atoms. The Kier molecular flexibility index (Phi) is 11.4. The van der Waals surface area contributed by atoms with E-state index >= 15 is 0 Å². The fourth-order valence-electron chi connectivity index (χ4n) is 2.54. The normalized spacial score (nSPS) is 12.4. The first-order valence-corrected chi connectivity index (χ1v) is 6.75. The van der Waals surface area contributed by atoms with Crippen LogP contribution in [-0.2, 0) is 9.53 Å². The first-order chi connectivity index (χ1) is 8.06. The number of carbonyl (C=O) groups is 1. The summed E-state index contributed by atoms with van der Waals surface area (Å²) in [6, 6.07) is 0. The Hall–Kier alpha value is -0.540. The Labute approximate surface area is 118 Å². The highest BCUT2D eigenvalue weighted by atomic mass is 35.5. The Bertz CT molecular complexity index is 227. The quantitative estimate of drug-likeness (QED) is 0.259. The minimum atomic E-state index is -0.316. The minimum Gasteiger partial charge on any atom is -1.00 e. The van der Waals surface area contributed by atoms with Crippen LogP contribution in [0.25, 0.3) is 0 Å². The van der Waals surface area contributed by atoms with Crippen molar-refractivity contribution in [3.8, 4) is 0 Å². The molecule has 0 aromatic carbocycles. The van der Waals surface area contributed by atoms with E-state index in [0.717, 1.165) is 43.4 Å². The van der Waals surface area contributed by atoms with Gasteiger partial charge in [0.05, 0.1) is 19.6 Å². The van der Waals surface area contributed by atoms with Crippen molar-refractivity contribution in [1.29, 1.82) is 0 Å². The third-order valence-corrected chi connectivity index (χ3v) is 3.23. The van der Waals surface area contributed by atoms with Crippen LogP contribution in [0.2, 0.25) is 0 Å². The van der Waals surface area contributed by atoms with Gasteiger partial charge in [0.2, 0.25) is 6.23 Å². The van der Waals surface area contributed by atoms with Gasteiger partial charge in [-0.1, -0.05) is 27.4 Å². The van der Waals surface area contributed by atoms with Gasteiger partial charge >= 0.3 is 5.97 Å². The molecule has 0 bridgehead atoms. The number of quaternary nitrogens is 1. The fourth-order valence-corrected chi connectivity index (χ4v) is 2.54. The maximum absolute atomic E-state index is 11.3. The predicted octanol–water partition coefficient (Wildman–Crippen LogP) is 0.112. The van der Waals surface area contributed by atoms with Gasteiger partial charge in [0.15, 0.2) is 0 Å². The molecule has 0 aromatic rings. The first kappa shape index (κ1) is 19.8. The number of esters is 1. The van der Waals surface area contributed by atoms with Gasteiger partial charge in [-0.05, 0) is 19.3 Å². The monoisotopic (exact) mass is 277 g/mol. The molecule has 0 saturated heterocycles. The molecule has 0 aliphatic heterocycles. The number of rotatable bonds is 9. The van der Waals surface area contributed by atoms with Gasteiger partial charge in [-0.25, -0.2) is 4.79 Å². The summed E-state index contributed by atoms with van der Waals surface area (Å²) in [5, 5.41) is 0. The van der Waals surface area contributed by atoms with Crippen LogP contribution in [0.5, 0.6) is 0 Å². The highest BCUT2D eigenvalue weighted by Gasteiger charge is 2.33. The van der Waals surface area contributed by atoms with E-state index in [1.165, 1.54) is 6.08 Å². The summed E-state index contributed by atoms with van der Waals surface area (Å²) in [7, 11) is 0. The number of nitrogens with zero attached hydrogens (tertiary/aromatic N) is 1. The van der Waals surface area contributed by atoms with E-state index < -0.39 is 0 Å². The lowest BCUT2D eigenvalue weighted by Crippen LogP contribution is -3.00. The van der Waals surface area contributed by atoms with E-state index in [9.17, 15) is 4.79 Å². The SMILES string of the molecule is C=CC(=O)OC(C)[N+](CCC)(CCC)CCC.[Cl-]. The summed E-state index contributed by atoms with van der Waals surface area (Å²) in [4.78, 5) is 11.3. The number of carbonyl (C=O) groups excluding carboxylic acids is 1. The van der Waals surface area contributed by atoms with Crippen LogP contribution in [0.15, 0.2) is 12.7 Å². The molecule has 0 heterocycles. The highest BCUT2D eigenvalue weighted by molar-refractivity contribution is 5.81. The van der Waals surface area contributed by atoms with Gasteiger partial charge < -0.3 is 17.1 Å². The Morgan fingerprint density at radius 1 is 1.17 bits per heavy atom. The summed E-state index contributed by atoms with van der Waals surface area (Å²) >= 11 is 0. The van der Waals surface area contributed by atoms with Crippen molar-refractivity contribution in [2.24, 2.45) is 0 Å². The zero-order valence-electron chi connectivity index (χ0n) is 12.2. The summed E-state index contributed by atoms with van der Waals surface area (Å²) in [5.41, 5.74) is 0. The third kappa shape index (κ3) is 5.87. The van der Waals surface area contributed by atoms with Gasteiger partial charge in [-0.2, -0.15) is 0 Å². The summed E-state index contributed by atoms with van der Waals surface area (Å²) in [6.07, 6.45) is 4.48. The summed E-state index contributed by atoms with van der Waals surface area (Å²) in [6.45, 7) is 15.2. The zero-order valence-corrected chi connectivity index (χ0v) is 13.0. The van der Waals surface area contributed by atoms with Crippen molar-refractivity contribution in [2.45, 2.75) is 53.2 Å². The van der Waals surface area contributed by atoms with Crippen LogP contribution in [-0.4, -0.2) is 36.3 Å². The highest BCUT2D eigenvalue weighted by Crippen LogP contribution is 2.18. The molecular formula is C14H28ClNO2. The molecule has 0 amide bonds. The maximum Gasteiger partial charge on any atom is 0.334 e. The molecule has 0 aromatic heterocycles. The molecule has 0 saturated carbocycles. The molecule has 0 rings (SSSR count). The van der Waals surface area contributed by atoms with Crippen molar-refractivity contribution >= 4 is 5.97 Å². The second-order valence-electron chi connectivity index (χ2n) is 4.63. The van der Waals surface area contributed by atoms with Gasteiger partial charge in [0, 0.05) is 13.0 Å². The molecule has 0 spiro atoms. The van der Waals surface area contributed by atoms with Crippen molar-refractivity contribution < 1.29 is 26.4 Å². The van der Waals surface area contributed by atoms with Crippen molar-refractivity contribution in [3.63, 3.8) is 0 Å². The van der Waals surface area contributed by atoms with Gasteiger partial charge in [-0.3, -0.25) is 4.48 Å². The smallest absolute Gasteiger partial charge is 0.334 e. The average Bonchev–Trinajstić information content (AvgIpc) is 2.29. The molecule has 0 N–H and O–H groups in total. The molecule has 3 nitrogen and oxygen atoms in total. The van der Waals surface area contributed by atoms with Crippen molar-refractivity contribution in [3.05, 3.63) is 12.7 Å². The van der Waals surface area contributed by atoms with E-state index in [1.54, 1.807) is 0 Å². The van der Waals surface area contributed by atoms with Crippen LogP contribution < -0.4 is 12.4 Å². The van der Waals surface area contributed by atoms with E-state index in [2.05, 4.69) is 27.4 Å². The van der Waals surface area contributed by atoms with Crippen LogP contribution in [0.1, 0.15) is 47.0 Å². The Morgan fingerprint density at radius 2 is 1.56 bits per heavy atom. The molecule has 108 valence electrons. The van der Waals surface area contributed by atoms with E-state index in [0.29, 0.717) is 0 Å².